The second-order valence-electron chi connectivity index (χ2n) is 6.58. The first-order valence-electron chi connectivity index (χ1n) is 9.22. The van der Waals surface area contributed by atoms with Gasteiger partial charge in [0.05, 0.1) is 18.7 Å². The second kappa shape index (κ2) is 6.83. The molecule has 1 radical (unpaired) electrons. The summed E-state index contributed by atoms with van der Waals surface area (Å²) in [6.07, 6.45) is 2.03. The number of rotatable bonds is 5. The first kappa shape index (κ1) is 16.6. The van der Waals surface area contributed by atoms with Gasteiger partial charge in [0.1, 0.15) is 5.75 Å². The Morgan fingerprint density at radius 1 is 1.15 bits per heavy atom. The summed E-state index contributed by atoms with van der Waals surface area (Å²) in [5.41, 5.74) is 4.13. The molecule has 0 fully saturated rings. The summed E-state index contributed by atoms with van der Waals surface area (Å²) in [6.45, 7) is 5.34. The summed E-state index contributed by atoms with van der Waals surface area (Å²) in [5, 5.41) is 2.02. The summed E-state index contributed by atoms with van der Waals surface area (Å²) in [5.74, 6) is 0.849. The fourth-order valence-electron chi connectivity index (χ4n) is 3.84. The van der Waals surface area contributed by atoms with Gasteiger partial charge in [-0.1, -0.05) is 43.7 Å². The van der Waals surface area contributed by atoms with Crippen molar-refractivity contribution in [2.75, 3.05) is 11.5 Å². The Kier molecular flexibility index (Phi) is 4.37. The molecule has 0 saturated carbocycles. The zero-order valence-electron chi connectivity index (χ0n) is 15.2. The van der Waals surface area contributed by atoms with Crippen LogP contribution in [0.3, 0.4) is 0 Å². The van der Waals surface area contributed by atoms with Crippen molar-refractivity contribution in [2.45, 2.75) is 33.2 Å². The summed E-state index contributed by atoms with van der Waals surface area (Å²) < 4.78 is 5.86. The molecule has 0 unspecified atom stereocenters. The summed E-state index contributed by atoms with van der Waals surface area (Å²) in [6, 6.07) is 18.9. The lowest BCUT2D eigenvalue weighted by Crippen LogP contribution is -2.23. The minimum absolute atomic E-state index is 0.0568. The molecule has 1 amide bonds. The largest absolute Gasteiger partial charge is 0.493 e. The minimum Gasteiger partial charge on any atom is -0.493 e. The molecule has 0 spiro atoms. The number of carbonyl (C=O) groups excluding carboxylic acids is 1. The van der Waals surface area contributed by atoms with Crippen LogP contribution in [0, 0.1) is 6.07 Å². The molecule has 0 aliphatic carbocycles. The van der Waals surface area contributed by atoms with Gasteiger partial charge in [-0.05, 0) is 54.1 Å². The van der Waals surface area contributed by atoms with Gasteiger partial charge >= 0.3 is 0 Å². The molecule has 3 aromatic rings. The highest BCUT2D eigenvalue weighted by Crippen LogP contribution is 2.39. The number of ether oxygens (including phenoxy) is 1. The number of anilines is 1. The molecule has 4 rings (SSSR count). The number of hydrogen-bond donors (Lipinski definition) is 0. The van der Waals surface area contributed by atoms with E-state index in [-0.39, 0.29) is 5.91 Å². The Balaban J connectivity index is 1.95. The molecule has 131 valence electrons. The van der Waals surface area contributed by atoms with Gasteiger partial charge in [-0.15, -0.1) is 0 Å². The lowest BCUT2D eigenvalue weighted by atomic mass is 9.93. The van der Waals surface area contributed by atoms with Gasteiger partial charge in [0.2, 0.25) is 0 Å². The molecule has 1 aliphatic rings. The molecular weight excluding hydrogens is 322 g/mol. The second-order valence-corrected chi connectivity index (χ2v) is 6.58. The van der Waals surface area contributed by atoms with Crippen molar-refractivity contribution in [3.63, 3.8) is 0 Å². The van der Waals surface area contributed by atoms with Gasteiger partial charge in [-0.2, -0.15) is 0 Å². The summed E-state index contributed by atoms with van der Waals surface area (Å²) >= 11 is 0. The number of nitrogens with zero attached hydrogens (tertiary/aromatic N) is 1. The van der Waals surface area contributed by atoms with Gasteiger partial charge < -0.3 is 9.64 Å². The van der Waals surface area contributed by atoms with Crippen molar-refractivity contribution in [1.82, 2.24) is 0 Å². The highest BCUT2D eigenvalue weighted by molar-refractivity contribution is 6.19. The third-order valence-corrected chi connectivity index (χ3v) is 4.93. The molecule has 26 heavy (non-hydrogen) atoms. The van der Waals surface area contributed by atoms with Crippen molar-refractivity contribution in [1.29, 1.82) is 0 Å². The van der Waals surface area contributed by atoms with Crippen LogP contribution in [0.5, 0.6) is 5.75 Å². The van der Waals surface area contributed by atoms with Crippen molar-refractivity contribution in [3.05, 3.63) is 71.3 Å². The Bertz CT molecular complexity index is 963. The third-order valence-electron chi connectivity index (χ3n) is 4.93. The van der Waals surface area contributed by atoms with Gasteiger partial charge in [-0.25, -0.2) is 0 Å². The van der Waals surface area contributed by atoms with Crippen LogP contribution in [0.1, 0.15) is 41.8 Å². The average Bonchev–Trinajstić information content (AvgIpc) is 3.01. The number of carbonyl (C=O) groups is 1. The van der Waals surface area contributed by atoms with E-state index in [0.717, 1.165) is 46.2 Å². The molecule has 3 heteroatoms. The van der Waals surface area contributed by atoms with Crippen molar-refractivity contribution >= 4 is 22.4 Å². The van der Waals surface area contributed by atoms with E-state index in [1.54, 1.807) is 0 Å². The van der Waals surface area contributed by atoms with E-state index >= 15 is 0 Å². The molecule has 0 aromatic heterocycles. The molecule has 0 atom stereocenters. The standard InChI is InChI=1S/C23H22NO2/c1-3-9-16-14-17-10-8-13-20(26-4-2)21(17)22-19(16)15-24(23(22)25)18-11-6-5-7-12-18/h6-8,10-14H,3-4,9,15H2,1-2H3. The van der Waals surface area contributed by atoms with Crippen molar-refractivity contribution < 1.29 is 9.53 Å². The minimum atomic E-state index is 0.0568. The van der Waals surface area contributed by atoms with Crippen LogP contribution in [-0.2, 0) is 13.0 Å². The Labute approximate surface area is 154 Å². The molecule has 0 N–H and O–H groups in total. The lowest BCUT2D eigenvalue weighted by molar-refractivity contribution is 0.0998. The topological polar surface area (TPSA) is 29.5 Å². The van der Waals surface area contributed by atoms with E-state index in [1.807, 2.05) is 48.2 Å². The van der Waals surface area contributed by atoms with Gasteiger partial charge in [0.15, 0.2) is 0 Å². The Hall–Kier alpha value is -2.81. The quantitative estimate of drug-likeness (QED) is 0.640. The number of fused-ring (bicyclic) bond motifs is 3. The summed E-state index contributed by atoms with van der Waals surface area (Å²) in [7, 11) is 0. The SMILES string of the molecule is CCCc1cc2cccc(OCC)c2c2c1CN(c1cc[c]cc1)C2=O. The molecule has 0 bridgehead atoms. The zero-order valence-corrected chi connectivity index (χ0v) is 15.2. The van der Waals surface area contributed by atoms with E-state index in [1.165, 1.54) is 5.56 Å². The van der Waals surface area contributed by atoms with Crippen LogP contribution >= 0.6 is 0 Å². The third kappa shape index (κ3) is 2.64. The lowest BCUT2D eigenvalue weighted by Gasteiger charge is -2.15. The summed E-state index contributed by atoms with van der Waals surface area (Å²) in [4.78, 5) is 15.2. The van der Waals surface area contributed by atoms with Gasteiger partial charge in [-0.3, -0.25) is 4.79 Å². The monoisotopic (exact) mass is 344 g/mol. The fourth-order valence-corrected chi connectivity index (χ4v) is 3.84. The molecular formula is C23H22NO2. The van der Waals surface area contributed by atoms with E-state index in [4.69, 9.17) is 4.74 Å². The van der Waals surface area contributed by atoms with Crippen molar-refractivity contribution in [2.24, 2.45) is 0 Å². The molecule has 3 aromatic carbocycles. The number of benzene rings is 3. The number of hydrogen-bond acceptors (Lipinski definition) is 2. The van der Waals surface area contributed by atoms with Crippen molar-refractivity contribution in [3.8, 4) is 5.75 Å². The smallest absolute Gasteiger partial charge is 0.259 e. The predicted molar refractivity (Wildman–Crippen MR) is 105 cm³/mol. The van der Waals surface area contributed by atoms with E-state index in [2.05, 4.69) is 25.1 Å². The Morgan fingerprint density at radius 3 is 2.69 bits per heavy atom. The highest BCUT2D eigenvalue weighted by atomic mass is 16.5. The van der Waals surface area contributed by atoms with Gasteiger partial charge in [0.25, 0.3) is 5.91 Å². The molecule has 1 aliphatic heterocycles. The maximum Gasteiger partial charge on any atom is 0.259 e. The van der Waals surface area contributed by atoms with E-state index in [0.29, 0.717) is 13.2 Å². The zero-order chi connectivity index (χ0) is 18.1. The maximum absolute atomic E-state index is 13.4. The first-order valence-corrected chi connectivity index (χ1v) is 9.22. The first-order chi connectivity index (χ1) is 12.7. The van der Waals surface area contributed by atoms with Crippen LogP contribution in [0.2, 0.25) is 0 Å². The fraction of sp³-hybridized carbons (Fsp3) is 0.261. The number of aryl methyl sites for hydroxylation is 1. The Morgan fingerprint density at radius 2 is 1.96 bits per heavy atom. The van der Waals surface area contributed by atoms with E-state index in [9.17, 15) is 4.79 Å². The number of amides is 1. The molecule has 1 heterocycles. The van der Waals surface area contributed by atoms with Crippen LogP contribution in [-0.4, -0.2) is 12.5 Å². The van der Waals surface area contributed by atoms with Crippen LogP contribution in [0.15, 0.2) is 48.5 Å². The van der Waals surface area contributed by atoms with E-state index < -0.39 is 0 Å². The van der Waals surface area contributed by atoms with Crippen LogP contribution in [0.25, 0.3) is 10.8 Å². The maximum atomic E-state index is 13.4. The predicted octanol–water partition coefficient (Wildman–Crippen LogP) is 5.15. The van der Waals surface area contributed by atoms with Crippen LogP contribution < -0.4 is 9.64 Å². The average molecular weight is 344 g/mol. The van der Waals surface area contributed by atoms with Gasteiger partial charge in [0, 0.05) is 11.1 Å². The highest BCUT2D eigenvalue weighted by Gasteiger charge is 2.33. The molecule has 3 nitrogen and oxygen atoms in total. The van der Waals surface area contributed by atoms with Crippen LogP contribution in [0.4, 0.5) is 5.69 Å². The normalized spacial score (nSPS) is 13.3. The molecule has 0 saturated heterocycles.